The molecule has 1 N–H and O–H groups in total. The molecule has 0 unspecified atom stereocenters. The fourth-order valence-electron chi connectivity index (χ4n) is 9.81. The highest BCUT2D eigenvalue weighted by Gasteiger charge is 2.75. The van der Waals surface area contributed by atoms with Crippen LogP contribution in [0.4, 0.5) is 0 Å². The predicted molar refractivity (Wildman–Crippen MR) is 152 cm³/mol. The minimum absolute atomic E-state index is 0.0150. The highest BCUT2D eigenvalue weighted by Crippen LogP contribution is 2.69. The number of allylic oxidation sites excluding steroid dienone is 4. The summed E-state index contributed by atoms with van der Waals surface area (Å²) in [4.78, 5) is 31.9. The first-order valence-corrected chi connectivity index (χ1v) is 16.2. The van der Waals surface area contributed by atoms with Crippen molar-refractivity contribution in [3.63, 3.8) is 0 Å². The third kappa shape index (κ3) is 3.90. The number of hydrogen-bond donors (Lipinski definition) is 1. The summed E-state index contributed by atoms with van der Waals surface area (Å²) in [5.41, 5.74) is -0.787. The second kappa shape index (κ2) is 9.89. The summed E-state index contributed by atoms with van der Waals surface area (Å²) < 4.78 is 13.8. The number of Topliss-reactive ketones (excluding diaryl/α,β-unsaturated/α-hetero) is 1. The standard InChI is InChI=1S/C33H41NO5S/c1-31-13-10-22(35)16-21(31)8-9-24-25-17-28-33(32(25,2)18-26(36)29(24)31,27(37)19-40-23-11-14-34-15-12-23)39-30(38-28)20-6-4-3-5-7-20/h8,10-15,20,24-26,28-30,36H,3-7,9,16-19H2,1-2H3/t24-,25-,26-,28+,29+,30+,31-,32-,33+/m0/s1. The minimum atomic E-state index is -1.06. The molecule has 40 heavy (non-hydrogen) atoms. The molecule has 7 heteroatoms. The van der Waals surface area contributed by atoms with Crippen LogP contribution in [0.15, 0.2) is 53.2 Å². The van der Waals surface area contributed by atoms with Crippen molar-refractivity contribution in [1.29, 1.82) is 0 Å². The number of carbonyl (C=O) groups is 2. The third-order valence-corrected chi connectivity index (χ3v) is 12.7. The number of carbonyl (C=O) groups excluding carboxylic acids is 2. The summed E-state index contributed by atoms with van der Waals surface area (Å²) in [7, 11) is 0. The Balaban J connectivity index is 1.24. The number of fused-ring (bicyclic) bond motifs is 7. The van der Waals surface area contributed by atoms with Crippen LogP contribution >= 0.6 is 11.8 Å². The molecule has 5 aliphatic carbocycles. The van der Waals surface area contributed by atoms with E-state index in [9.17, 15) is 14.7 Å². The monoisotopic (exact) mass is 563 g/mol. The van der Waals surface area contributed by atoms with Gasteiger partial charge in [-0.3, -0.25) is 14.6 Å². The van der Waals surface area contributed by atoms with E-state index in [2.05, 4.69) is 24.9 Å². The number of thioether (sulfide) groups is 1. The summed E-state index contributed by atoms with van der Waals surface area (Å²) in [5.74, 6) is 1.26. The lowest BCUT2D eigenvalue weighted by molar-refractivity contribution is -0.205. The lowest BCUT2D eigenvalue weighted by Crippen LogP contribution is -2.63. The Hall–Kier alpha value is -1.80. The Labute approximate surface area is 241 Å². The summed E-state index contributed by atoms with van der Waals surface area (Å²) in [6.07, 6.45) is 16.6. The number of hydrogen-bond acceptors (Lipinski definition) is 7. The fourth-order valence-corrected chi connectivity index (χ4v) is 10.6. The smallest absolute Gasteiger partial charge is 0.178 e. The fraction of sp³-hybridized carbons (Fsp3) is 0.667. The first kappa shape index (κ1) is 27.1. The Morgan fingerprint density at radius 1 is 1.18 bits per heavy atom. The molecule has 3 saturated carbocycles. The van der Waals surface area contributed by atoms with Gasteiger partial charge in [-0.1, -0.05) is 50.8 Å². The van der Waals surface area contributed by atoms with Crippen LogP contribution < -0.4 is 0 Å². The largest absolute Gasteiger partial charge is 0.393 e. The van der Waals surface area contributed by atoms with Crippen LogP contribution in [-0.2, 0) is 19.1 Å². The molecular formula is C33H41NO5S. The lowest BCUT2D eigenvalue weighted by atomic mass is 9.47. The van der Waals surface area contributed by atoms with Crippen molar-refractivity contribution in [3.05, 3.63) is 48.3 Å². The van der Waals surface area contributed by atoms with Crippen molar-refractivity contribution >= 4 is 23.3 Å². The molecule has 6 nitrogen and oxygen atoms in total. The number of aromatic nitrogens is 1. The molecule has 1 aromatic heterocycles. The van der Waals surface area contributed by atoms with Crippen LogP contribution in [0.2, 0.25) is 0 Å². The number of pyridine rings is 1. The van der Waals surface area contributed by atoms with E-state index in [0.717, 1.165) is 36.2 Å². The lowest BCUT2D eigenvalue weighted by Gasteiger charge is -2.59. The van der Waals surface area contributed by atoms with Gasteiger partial charge in [0, 0.05) is 46.4 Å². The highest BCUT2D eigenvalue weighted by molar-refractivity contribution is 8.00. The van der Waals surface area contributed by atoms with Crippen molar-refractivity contribution in [1.82, 2.24) is 4.98 Å². The van der Waals surface area contributed by atoms with E-state index < -0.39 is 17.1 Å². The van der Waals surface area contributed by atoms with Gasteiger partial charge < -0.3 is 14.6 Å². The zero-order valence-electron chi connectivity index (χ0n) is 23.6. The SMILES string of the molecule is C[C@]12C=CC(=O)CC1=CC[C@@H]1[C@@H]2[C@@H](O)C[C@@]2(C)[C@H]1C[C@H]1O[C@@H](C3CCCCC3)O[C@]12C(=O)CSc1ccncc1. The predicted octanol–water partition coefficient (Wildman–Crippen LogP) is 5.69. The van der Waals surface area contributed by atoms with Crippen molar-refractivity contribution in [2.24, 2.45) is 34.5 Å². The molecule has 0 spiro atoms. The van der Waals surface area contributed by atoms with Gasteiger partial charge in [0.2, 0.25) is 0 Å². The van der Waals surface area contributed by atoms with E-state index in [1.54, 1.807) is 18.5 Å². The first-order chi connectivity index (χ1) is 19.3. The van der Waals surface area contributed by atoms with E-state index in [0.29, 0.717) is 24.5 Å². The molecular weight excluding hydrogens is 522 g/mol. The van der Waals surface area contributed by atoms with Gasteiger partial charge in [-0.05, 0) is 62.1 Å². The average molecular weight is 564 g/mol. The molecule has 7 rings (SSSR count). The van der Waals surface area contributed by atoms with Gasteiger partial charge in [0.1, 0.15) is 0 Å². The van der Waals surface area contributed by atoms with E-state index in [1.165, 1.54) is 31.0 Å². The first-order valence-electron chi connectivity index (χ1n) is 15.3. The molecule has 4 fully saturated rings. The molecule has 214 valence electrons. The van der Waals surface area contributed by atoms with Gasteiger partial charge in [-0.25, -0.2) is 0 Å². The maximum atomic E-state index is 14.5. The van der Waals surface area contributed by atoms with E-state index in [-0.39, 0.29) is 47.1 Å². The van der Waals surface area contributed by atoms with Crippen molar-refractivity contribution in [2.45, 2.75) is 101 Å². The van der Waals surface area contributed by atoms with E-state index in [1.807, 2.05) is 18.2 Å². The van der Waals surface area contributed by atoms with Crippen molar-refractivity contribution < 1.29 is 24.2 Å². The molecule has 0 aromatic carbocycles. The molecule has 0 bridgehead atoms. The molecule has 0 radical (unpaired) electrons. The quantitative estimate of drug-likeness (QED) is 0.364. The van der Waals surface area contributed by atoms with Crippen LogP contribution in [0.5, 0.6) is 0 Å². The van der Waals surface area contributed by atoms with Crippen LogP contribution in [0, 0.1) is 34.5 Å². The normalized spacial score (nSPS) is 44.4. The van der Waals surface area contributed by atoms with Crippen molar-refractivity contribution in [3.8, 4) is 0 Å². The number of nitrogens with zero attached hydrogens (tertiary/aromatic N) is 1. The Morgan fingerprint density at radius 2 is 1.95 bits per heavy atom. The second-order valence-corrected chi connectivity index (χ2v) is 14.6. The summed E-state index contributed by atoms with van der Waals surface area (Å²) >= 11 is 1.53. The summed E-state index contributed by atoms with van der Waals surface area (Å²) in [5, 5.41) is 12.0. The molecule has 9 atom stereocenters. The molecule has 1 aliphatic heterocycles. The average Bonchev–Trinajstić information content (AvgIpc) is 3.46. The Kier molecular flexibility index (Phi) is 6.69. The van der Waals surface area contributed by atoms with Crippen LogP contribution in [0.3, 0.4) is 0 Å². The van der Waals surface area contributed by atoms with E-state index >= 15 is 0 Å². The molecule has 1 saturated heterocycles. The molecule has 6 aliphatic rings. The highest BCUT2D eigenvalue weighted by atomic mass is 32.2. The van der Waals surface area contributed by atoms with Crippen LogP contribution in [-0.4, -0.2) is 51.5 Å². The van der Waals surface area contributed by atoms with Gasteiger partial charge >= 0.3 is 0 Å². The topological polar surface area (TPSA) is 85.7 Å². The van der Waals surface area contributed by atoms with Gasteiger partial charge in [0.25, 0.3) is 0 Å². The third-order valence-electron chi connectivity index (χ3n) is 11.7. The number of aliphatic hydroxyl groups is 1. The van der Waals surface area contributed by atoms with Gasteiger partial charge in [-0.2, -0.15) is 0 Å². The van der Waals surface area contributed by atoms with E-state index in [4.69, 9.17) is 9.47 Å². The minimum Gasteiger partial charge on any atom is -0.393 e. The molecule has 1 aromatic rings. The molecule has 2 heterocycles. The van der Waals surface area contributed by atoms with Gasteiger partial charge in [-0.15, -0.1) is 11.8 Å². The number of rotatable bonds is 5. The Bertz CT molecular complexity index is 1240. The summed E-state index contributed by atoms with van der Waals surface area (Å²) in [6.45, 7) is 4.40. The number of aliphatic hydroxyl groups excluding tert-OH is 1. The van der Waals surface area contributed by atoms with Gasteiger partial charge in [0.15, 0.2) is 23.5 Å². The van der Waals surface area contributed by atoms with Crippen molar-refractivity contribution in [2.75, 3.05) is 5.75 Å². The maximum Gasteiger partial charge on any atom is 0.178 e. The van der Waals surface area contributed by atoms with Gasteiger partial charge in [0.05, 0.1) is 18.0 Å². The number of ether oxygens (including phenoxy) is 2. The Morgan fingerprint density at radius 3 is 2.73 bits per heavy atom. The van der Waals surface area contributed by atoms with Crippen LogP contribution in [0.25, 0.3) is 0 Å². The maximum absolute atomic E-state index is 14.5. The second-order valence-electron chi connectivity index (χ2n) is 13.6. The molecule has 0 amide bonds. The summed E-state index contributed by atoms with van der Waals surface area (Å²) in [6, 6.07) is 3.88. The zero-order valence-corrected chi connectivity index (χ0v) is 24.4. The van der Waals surface area contributed by atoms with Crippen LogP contribution in [0.1, 0.15) is 71.6 Å². The number of ketones is 2. The zero-order chi connectivity index (χ0) is 27.7.